The minimum Gasteiger partial charge on any atom is -0.490 e. The summed E-state index contributed by atoms with van der Waals surface area (Å²) in [5.41, 5.74) is 4.09. The minimum atomic E-state index is -0.554. The van der Waals surface area contributed by atoms with Crippen LogP contribution in [0.4, 0.5) is 16.2 Å². The third-order valence-corrected chi connectivity index (χ3v) is 7.72. The average molecular weight is 616 g/mol. The second kappa shape index (κ2) is 14.7. The number of nitrogens with one attached hydrogen (secondary N) is 2. The lowest BCUT2D eigenvalue weighted by Crippen LogP contribution is -2.36. The number of hydrogen-bond donors (Lipinski definition) is 2. The van der Waals surface area contributed by atoms with Crippen LogP contribution >= 0.6 is 11.8 Å². The summed E-state index contributed by atoms with van der Waals surface area (Å²) in [6.45, 7) is 9.82. The highest BCUT2D eigenvalue weighted by Crippen LogP contribution is 2.35. The molecule has 0 unspecified atom stereocenters. The highest BCUT2D eigenvalue weighted by atomic mass is 32.2. The summed E-state index contributed by atoms with van der Waals surface area (Å²) in [6.07, 6.45) is 1.56. The van der Waals surface area contributed by atoms with Gasteiger partial charge in [0, 0.05) is 11.4 Å². The normalized spacial score (nSPS) is 14.0. The molecule has 0 atom stereocenters. The Balaban J connectivity index is 1.39. The van der Waals surface area contributed by atoms with Crippen LogP contribution in [0, 0.1) is 0 Å². The van der Waals surface area contributed by atoms with Crippen LogP contribution in [0.5, 0.6) is 11.5 Å². The number of nitrogens with zero attached hydrogens (tertiary/aromatic N) is 1. The molecule has 1 saturated heterocycles. The zero-order valence-electron chi connectivity index (χ0n) is 25.5. The Bertz CT molecular complexity index is 1570. The van der Waals surface area contributed by atoms with E-state index in [1.54, 1.807) is 36.4 Å². The molecular weight excluding hydrogens is 578 g/mol. The van der Waals surface area contributed by atoms with Gasteiger partial charge in [0.2, 0.25) is 5.91 Å². The third kappa shape index (κ3) is 8.29. The van der Waals surface area contributed by atoms with Gasteiger partial charge in [-0.3, -0.25) is 24.1 Å². The van der Waals surface area contributed by atoms with E-state index in [9.17, 15) is 19.2 Å². The van der Waals surface area contributed by atoms with Gasteiger partial charge in [-0.2, -0.15) is 0 Å². The quantitative estimate of drug-likeness (QED) is 0.210. The first-order valence-corrected chi connectivity index (χ1v) is 15.3. The van der Waals surface area contributed by atoms with Crippen LogP contribution in [0.3, 0.4) is 0 Å². The Kier molecular flexibility index (Phi) is 10.8. The van der Waals surface area contributed by atoms with Gasteiger partial charge in [0.25, 0.3) is 17.1 Å². The van der Waals surface area contributed by atoms with Gasteiger partial charge in [0.15, 0.2) is 18.1 Å². The van der Waals surface area contributed by atoms with Gasteiger partial charge >= 0.3 is 0 Å². The second-order valence-corrected chi connectivity index (χ2v) is 11.8. The van der Waals surface area contributed by atoms with Crippen LogP contribution in [0.25, 0.3) is 6.08 Å². The summed E-state index contributed by atoms with van der Waals surface area (Å²) in [4.78, 5) is 52.0. The van der Waals surface area contributed by atoms with Crippen molar-refractivity contribution in [1.29, 1.82) is 0 Å². The molecule has 1 fully saturated rings. The molecule has 0 spiro atoms. The van der Waals surface area contributed by atoms with Crippen molar-refractivity contribution in [2.75, 3.05) is 30.4 Å². The maximum atomic E-state index is 13.0. The smallest absolute Gasteiger partial charge is 0.294 e. The van der Waals surface area contributed by atoms with Crippen molar-refractivity contribution in [3.05, 3.63) is 88.3 Å². The number of benzene rings is 3. The molecule has 0 aliphatic carbocycles. The topological polar surface area (TPSA) is 114 Å². The Morgan fingerprint density at radius 2 is 1.59 bits per heavy atom. The van der Waals surface area contributed by atoms with Crippen molar-refractivity contribution in [2.24, 2.45) is 0 Å². The number of anilines is 2. The van der Waals surface area contributed by atoms with E-state index in [0.29, 0.717) is 35.3 Å². The average Bonchev–Trinajstić information content (AvgIpc) is 3.24. The van der Waals surface area contributed by atoms with Crippen molar-refractivity contribution in [3.8, 4) is 11.5 Å². The summed E-state index contributed by atoms with van der Waals surface area (Å²) in [5.74, 6) is 0.0243. The molecule has 2 N–H and O–H groups in total. The highest BCUT2D eigenvalue weighted by Gasteiger charge is 2.36. The molecule has 9 nitrogen and oxygen atoms in total. The molecule has 0 saturated carbocycles. The van der Waals surface area contributed by atoms with Crippen LogP contribution in [0.1, 0.15) is 63.1 Å². The van der Waals surface area contributed by atoms with Gasteiger partial charge in [0.05, 0.1) is 11.5 Å². The fourth-order valence-electron chi connectivity index (χ4n) is 4.53. The van der Waals surface area contributed by atoms with Crippen LogP contribution in [-0.2, 0) is 14.4 Å². The molecular formula is C34H37N3O6S. The minimum absolute atomic E-state index is 0.184. The lowest BCUT2D eigenvalue weighted by atomic mass is 10.0. The molecule has 0 bridgehead atoms. The lowest BCUT2D eigenvalue weighted by Gasteiger charge is -2.15. The van der Waals surface area contributed by atoms with E-state index >= 15 is 0 Å². The lowest BCUT2D eigenvalue weighted by molar-refractivity contribution is -0.127. The maximum Gasteiger partial charge on any atom is 0.294 e. The Hall–Kier alpha value is -4.57. The Morgan fingerprint density at radius 1 is 0.864 bits per heavy atom. The molecule has 44 heavy (non-hydrogen) atoms. The fourth-order valence-corrected chi connectivity index (χ4v) is 5.37. The molecule has 0 aromatic heterocycles. The molecule has 1 aliphatic heterocycles. The number of hydrogen-bond acceptors (Lipinski definition) is 7. The van der Waals surface area contributed by atoms with Crippen molar-refractivity contribution >= 4 is 52.2 Å². The largest absolute Gasteiger partial charge is 0.490 e. The molecule has 10 heteroatoms. The number of ether oxygens (including phenoxy) is 2. The Morgan fingerprint density at radius 3 is 2.27 bits per heavy atom. The SMILES string of the molecule is CCOc1cc(/C=C2/SC(=O)N(CC(=O)Nc3ccc(C(C)C)cc3)C2=O)ccc1OCC(=O)Nc1ccccc1C(C)C. The molecule has 1 aliphatic rings. The number of carbonyl (C=O) groups excluding carboxylic acids is 4. The zero-order valence-corrected chi connectivity index (χ0v) is 26.3. The van der Waals surface area contributed by atoms with E-state index < -0.39 is 23.6 Å². The summed E-state index contributed by atoms with van der Waals surface area (Å²) in [7, 11) is 0. The number of amides is 4. The van der Waals surface area contributed by atoms with Gasteiger partial charge < -0.3 is 20.1 Å². The second-order valence-electron chi connectivity index (χ2n) is 10.8. The number of thioether (sulfide) groups is 1. The van der Waals surface area contributed by atoms with E-state index in [1.807, 2.05) is 43.3 Å². The van der Waals surface area contributed by atoms with Gasteiger partial charge in [-0.25, -0.2) is 0 Å². The molecule has 4 amide bonds. The molecule has 230 valence electrons. The molecule has 3 aromatic rings. The van der Waals surface area contributed by atoms with Gasteiger partial charge in [-0.15, -0.1) is 0 Å². The monoisotopic (exact) mass is 615 g/mol. The van der Waals surface area contributed by atoms with Crippen molar-refractivity contribution in [1.82, 2.24) is 4.90 Å². The van der Waals surface area contributed by atoms with Gasteiger partial charge in [-0.1, -0.05) is 64.1 Å². The third-order valence-electron chi connectivity index (χ3n) is 6.82. The van der Waals surface area contributed by atoms with E-state index in [0.717, 1.165) is 33.5 Å². The van der Waals surface area contributed by atoms with Crippen molar-refractivity contribution in [2.45, 2.75) is 46.5 Å². The summed E-state index contributed by atoms with van der Waals surface area (Å²) in [6, 6.07) is 20.1. The van der Waals surface area contributed by atoms with E-state index in [2.05, 4.69) is 38.3 Å². The predicted molar refractivity (Wildman–Crippen MR) is 174 cm³/mol. The standard InChI is InChI=1S/C34H37N3O6S/c1-6-42-29-17-23(11-16-28(29)43-20-32(39)36-27-10-8-7-9-26(27)22(4)5)18-30-33(40)37(34(41)44-30)19-31(38)35-25-14-12-24(13-15-25)21(2)3/h7-18,21-22H,6,19-20H2,1-5H3,(H,35,38)(H,36,39)/b30-18+. The van der Waals surface area contributed by atoms with E-state index in [-0.39, 0.29) is 23.3 Å². The van der Waals surface area contributed by atoms with Gasteiger partial charge in [0.1, 0.15) is 6.54 Å². The maximum absolute atomic E-state index is 13.0. The van der Waals surface area contributed by atoms with Crippen LogP contribution in [0.15, 0.2) is 71.6 Å². The zero-order chi connectivity index (χ0) is 31.8. The Labute approximate surface area is 262 Å². The first kappa shape index (κ1) is 32.3. The summed E-state index contributed by atoms with van der Waals surface area (Å²) < 4.78 is 11.5. The highest BCUT2D eigenvalue weighted by molar-refractivity contribution is 8.18. The fraction of sp³-hybridized carbons (Fsp3) is 0.294. The summed E-state index contributed by atoms with van der Waals surface area (Å²) >= 11 is 0.765. The van der Waals surface area contributed by atoms with E-state index in [4.69, 9.17) is 9.47 Å². The first-order chi connectivity index (χ1) is 21.0. The van der Waals surface area contributed by atoms with Crippen LogP contribution < -0.4 is 20.1 Å². The first-order valence-electron chi connectivity index (χ1n) is 14.5. The molecule has 4 rings (SSSR count). The predicted octanol–water partition coefficient (Wildman–Crippen LogP) is 7.02. The van der Waals surface area contributed by atoms with Crippen LogP contribution in [0.2, 0.25) is 0 Å². The number of carbonyl (C=O) groups is 4. The summed E-state index contributed by atoms with van der Waals surface area (Å²) in [5, 5.41) is 5.11. The van der Waals surface area contributed by atoms with Gasteiger partial charge in [-0.05, 0) is 83.6 Å². The molecule has 0 radical (unpaired) electrons. The van der Waals surface area contributed by atoms with Crippen molar-refractivity contribution in [3.63, 3.8) is 0 Å². The molecule has 3 aromatic carbocycles. The number of rotatable bonds is 12. The molecule has 1 heterocycles. The number of para-hydroxylation sites is 1. The van der Waals surface area contributed by atoms with Crippen molar-refractivity contribution < 1.29 is 28.7 Å². The van der Waals surface area contributed by atoms with E-state index in [1.165, 1.54) is 0 Å². The van der Waals surface area contributed by atoms with Crippen LogP contribution in [-0.4, -0.2) is 47.6 Å². The number of imide groups is 1.